The van der Waals surface area contributed by atoms with E-state index in [2.05, 4.69) is 6.07 Å². The molecular weight excluding hydrogens is 185 g/mol. The van der Waals surface area contributed by atoms with Gasteiger partial charge in [0.05, 0.1) is 0 Å². The van der Waals surface area contributed by atoms with Gasteiger partial charge in [-0.3, -0.25) is 5.26 Å². The van der Waals surface area contributed by atoms with Crippen LogP contribution in [0.4, 0.5) is 0 Å². The van der Waals surface area contributed by atoms with Crippen LogP contribution >= 0.6 is 0 Å². The Kier molecular flexibility index (Phi) is 18.0. The predicted octanol–water partition coefficient (Wildman–Crippen LogP) is 0.147. The van der Waals surface area contributed by atoms with Crippen LogP contribution in [0.2, 0.25) is 0 Å². The Morgan fingerprint density at radius 3 is 2.15 bits per heavy atom. The maximum absolute atomic E-state index is 8.35. The van der Waals surface area contributed by atoms with Crippen LogP contribution in [0.5, 0.6) is 0 Å². The summed E-state index contributed by atoms with van der Waals surface area (Å²) in [5.41, 5.74) is 1.73. The van der Waals surface area contributed by atoms with Gasteiger partial charge in [-0.15, -0.1) is 29.8 Å². The molecule has 0 fully saturated rings. The zero-order valence-corrected chi connectivity index (χ0v) is 12.3. The van der Waals surface area contributed by atoms with Crippen molar-refractivity contribution in [1.82, 2.24) is 0 Å². The van der Waals surface area contributed by atoms with Crippen molar-refractivity contribution >= 4 is 0 Å². The fourth-order valence-electron chi connectivity index (χ4n) is 0.572. The van der Waals surface area contributed by atoms with Gasteiger partial charge in [-0.2, -0.15) is 0 Å². The zero-order chi connectivity index (χ0) is 8.69. The molecule has 0 aliphatic carbocycles. The van der Waals surface area contributed by atoms with E-state index in [0.717, 1.165) is 5.56 Å². The summed E-state index contributed by atoms with van der Waals surface area (Å²) in [6, 6.07) is 10.3. The molecule has 1 rings (SSSR count). The first-order chi connectivity index (χ1) is 5.33. The van der Waals surface area contributed by atoms with Crippen molar-refractivity contribution < 1.29 is 51.4 Å². The number of hydrogen-bond acceptors (Lipinski definition) is 1. The van der Waals surface area contributed by atoms with Crippen LogP contribution in [0, 0.1) is 31.7 Å². The molecule has 0 N–H and O–H groups in total. The van der Waals surface area contributed by atoms with Crippen molar-refractivity contribution in [2.75, 3.05) is 0 Å². The maximum atomic E-state index is 8.35. The van der Waals surface area contributed by atoms with Crippen LogP contribution in [-0.4, -0.2) is 0 Å². The van der Waals surface area contributed by atoms with Crippen molar-refractivity contribution in [3.8, 4) is 6.07 Å². The third-order valence-electron chi connectivity index (χ3n) is 1.09. The fraction of sp³-hybridized carbons (Fsp3) is 0.273. The first-order valence-electron chi connectivity index (χ1n) is 3.71. The van der Waals surface area contributed by atoms with Crippen molar-refractivity contribution in [1.29, 1.82) is 5.26 Å². The van der Waals surface area contributed by atoms with Crippen LogP contribution in [0.15, 0.2) is 18.2 Å². The summed E-state index contributed by atoms with van der Waals surface area (Å²) in [6.07, 6.45) is 0. The van der Waals surface area contributed by atoms with Gasteiger partial charge in [0.15, 0.2) is 0 Å². The van der Waals surface area contributed by atoms with Crippen molar-refractivity contribution in [2.24, 2.45) is 0 Å². The van der Waals surface area contributed by atoms with Crippen LogP contribution in [0.25, 0.3) is 0 Å². The molecular formula is C11H15KN-. The topological polar surface area (TPSA) is 23.8 Å². The van der Waals surface area contributed by atoms with Crippen molar-refractivity contribution in [3.05, 3.63) is 42.8 Å². The van der Waals surface area contributed by atoms with Crippen LogP contribution in [0.1, 0.15) is 25.0 Å². The molecule has 0 bridgehead atoms. The Balaban J connectivity index is -0.000000234. The number of nitrogens with zero attached hydrogens (tertiary/aromatic N) is 1. The summed E-state index contributed by atoms with van der Waals surface area (Å²) in [5, 5.41) is 8.35. The van der Waals surface area contributed by atoms with E-state index in [4.69, 9.17) is 5.26 Å². The molecule has 0 heterocycles. The Morgan fingerprint density at radius 1 is 1.31 bits per heavy atom. The molecule has 0 aliphatic rings. The van der Waals surface area contributed by atoms with E-state index >= 15 is 0 Å². The standard InChI is InChI=1S/C8H6N.C2H6.CH3.K/c1-7-2-4-8(6-9)5-3-7;1-2;;/h2-4H,1H3;1-2H3;1H3;/q-1;;-1;+1. The quantitative estimate of drug-likeness (QED) is 0.432. The molecule has 0 atom stereocenters. The smallest absolute Gasteiger partial charge is 0.358 e. The molecule has 13 heavy (non-hydrogen) atoms. The Hall–Kier alpha value is 0.346. The van der Waals surface area contributed by atoms with Gasteiger partial charge in [-0.05, 0) is 6.07 Å². The van der Waals surface area contributed by atoms with Gasteiger partial charge < -0.3 is 7.43 Å². The minimum Gasteiger partial charge on any atom is -0.358 e. The molecule has 0 aromatic heterocycles. The van der Waals surface area contributed by atoms with Gasteiger partial charge in [0, 0.05) is 0 Å². The number of aryl methyl sites for hydroxylation is 1. The van der Waals surface area contributed by atoms with Crippen LogP contribution in [0.3, 0.4) is 0 Å². The summed E-state index contributed by atoms with van der Waals surface area (Å²) >= 11 is 0. The van der Waals surface area contributed by atoms with Crippen LogP contribution < -0.4 is 51.4 Å². The molecule has 0 spiro atoms. The summed E-state index contributed by atoms with van der Waals surface area (Å²) in [4.78, 5) is 0. The molecule has 0 saturated heterocycles. The van der Waals surface area contributed by atoms with Crippen LogP contribution in [-0.2, 0) is 0 Å². The Labute approximate surface area is 125 Å². The van der Waals surface area contributed by atoms with E-state index in [-0.39, 0.29) is 58.8 Å². The predicted molar refractivity (Wildman–Crippen MR) is 52.5 cm³/mol. The Morgan fingerprint density at radius 2 is 1.85 bits per heavy atom. The summed E-state index contributed by atoms with van der Waals surface area (Å²) in [6.45, 7) is 5.97. The first-order valence-corrected chi connectivity index (χ1v) is 3.71. The van der Waals surface area contributed by atoms with Gasteiger partial charge in [-0.1, -0.05) is 26.3 Å². The number of rotatable bonds is 0. The second kappa shape index (κ2) is 12.3. The van der Waals surface area contributed by atoms with E-state index in [1.54, 1.807) is 12.1 Å². The third kappa shape index (κ3) is 8.67. The molecule has 1 aromatic carbocycles. The molecule has 66 valence electrons. The largest absolute Gasteiger partial charge is 1.00 e. The SMILES string of the molecule is CC.Cc1c[c-]c(C#N)cc1.[CH3-].[K+]. The second-order valence-corrected chi connectivity index (χ2v) is 1.89. The molecule has 0 unspecified atom stereocenters. The minimum atomic E-state index is 0. The van der Waals surface area contributed by atoms with E-state index in [0.29, 0.717) is 5.56 Å². The summed E-state index contributed by atoms with van der Waals surface area (Å²) in [5.74, 6) is 0. The molecule has 2 heteroatoms. The average molecular weight is 200 g/mol. The van der Waals surface area contributed by atoms with Gasteiger partial charge in [0.25, 0.3) is 0 Å². The minimum absolute atomic E-state index is 0. The normalized spacial score (nSPS) is 6.31. The van der Waals surface area contributed by atoms with Gasteiger partial charge in [0.2, 0.25) is 0 Å². The first kappa shape index (κ1) is 19.0. The van der Waals surface area contributed by atoms with E-state index in [9.17, 15) is 0 Å². The van der Waals surface area contributed by atoms with Crippen molar-refractivity contribution in [2.45, 2.75) is 20.8 Å². The van der Waals surface area contributed by atoms with Gasteiger partial charge in [0.1, 0.15) is 0 Å². The fourth-order valence-corrected chi connectivity index (χ4v) is 0.572. The molecule has 0 radical (unpaired) electrons. The molecule has 0 aliphatic heterocycles. The number of benzene rings is 1. The summed E-state index contributed by atoms with van der Waals surface area (Å²) in [7, 11) is 0. The molecule has 0 amide bonds. The monoisotopic (exact) mass is 200 g/mol. The average Bonchev–Trinajstić information content (AvgIpc) is 2.10. The number of nitriles is 1. The molecule has 1 nitrogen and oxygen atoms in total. The van der Waals surface area contributed by atoms with E-state index < -0.39 is 0 Å². The number of hydrogen-bond donors (Lipinski definition) is 0. The zero-order valence-electron chi connectivity index (χ0n) is 9.18. The third-order valence-corrected chi connectivity index (χ3v) is 1.09. The van der Waals surface area contributed by atoms with Gasteiger partial charge in [-0.25, -0.2) is 0 Å². The molecule has 0 saturated carbocycles. The van der Waals surface area contributed by atoms with E-state index in [1.165, 1.54) is 0 Å². The Bertz CT molecular complexity index is 233. The maximum Gasteiger partial charge on any atom is 1.00 e. The summed E-state index contributed by atoms with van der Waals surface area (Å²) < 4.78 is 0. The van der Waals surface area contributed by atoms with Gasteiger partial charge >= 0.3 is 51.4 Å². The molecule has 1 aromatic rings. The second-order valence-electron chi connectivity index (χ2n) is 1.89. The van der Waals surface area contributed by atoms with E-state index in [1.807, 2.05) is 32.9 Å². The van der Waals surface area contributed by atoms with Crippen molar-refractivity contribution in [3.63, 3.8) is 0 Å².